The van der Waals surface area contributed by atoms with Crippen molar-refractivity contribution in [2.24, 2.45) is 5.92 Å². The normalized spacial score (nSPS) is 38.2. The number of esters is 1. The average Bonchev–Trinajstić information content (AvgIpc) is 2.57. The summed E-state index contributed by atoms with van der Waals surface area (Å²) in [6, 6.07) is 0. The van der Waals surface area contributed by atoms with Gasteiger partial charge < -0.3 is 24.4 Å². The molecule has 146 valence electrons. The number of ketones is 1. The van der Waals surface area contributed by atoms with Gasteiger partial charge in [-0.15, -0.1) is 0 Å². The summed E-state index contributed by atoms with van der Waals surface area (Å²) < 4.78 is 16.4. The molecule has 1 saturated carbocycles. The van der Waals surface area contributed by atoms with E-state index < -0.39 is 35.8 Å². The van der Waals surface area contributed by atoms with Crippen LogP contribution < -0.4 is 0 Å². The number of carbonyl (C=O) groups is 2. The Morgan fingerprint density at radius 3 is 2.65 bits per heavy atom. The first kappa shape index (κ1) is 19.5. The lowest BCUT2D eigenvalue weighted by Gasteiger charge is -2.53. The highest BCUT2D eigenvalue weighted by molar-refractivity contribution is 5.89. The van der Waals surface area contributed by atoms with E-state index in [0.717, 1.165) is 17.6 Å². The van der Waals surface area contributed by atoms with Crippen LogP contribution in [-0.2, 0) is 23.8 Å². The maximum absolute atomic E-state index is 13.2. The first-order valence-electron chi connectivity index (χ1n) is 9.19. The Hall–Kier alpha value is -1.28. The van der Waals surface area contributed by atoms with E-state index in [1.165, 1.54) is 14.0 Å². The number of Topliss-reactive ketones (excluding diaryl/α,β-unsaturated/α-hetero) is 1. The number of allylic oxidation sites excluding steroid dienone is 1. The Kier molecular flexibility index (Phi) is 5.53. The van der Waals surface area contributed by atoms with Gasteiger partial charge in [0.15, 0.2) is 11.4 Å². The van der Waals surface area contributed by atoms with E-state index in [-0.39, 0.29) is 31.3 Å². The van der Waals surface area contributed by atoms with Crippen molar-refractivity contribution in [1.29, 1.82) is 0 Å². The van der Waals surface area contributed by atoms with Crippen LogP contribution in [0.5, 0.6) is 0 Å². The van der Waals surface area contributed by atoms with Gasteiger partial charge in [-0.05, 0) is 31.8 Å². The van der Waals surface area contributed by atoms with Crippen LogP contribution in [-0.4, -0.2) is 65.7 Å². The molecule has 0 aromatic rings. The standard InChI is InChI=1S/C19H28O7/c1-10-4-5-12(21)6-13(10)18(24-3)17(23)14-8-19(26-11(2)20)9-25-16(19)7-15(14)22/h12,14-16,18,21-22H,4-9H2,1-3H3/t12-,14?,15-,16+,18+,19?/m0/s1. The Balaban J connectivity index is 1.81. The molecule has 6 atom stereocenters. The fourth-order valence-electron chi connectivity index (χ4n) is 4.49. The molecule has 2 fully saturated rings. The van der Waals surface area contributed by atoms with Crippen molar-refractivity contribution in [1.82, 2.24) is 0 Å². The van der Waals surface area contributed by atoms with Gasteiger partial charge in [-0.25, -0.2) is 0 Å². The smallest absolute Gasteiger partial charge is 0.303 e. The number of fused-ring (bicyclic) bond motifs is 1. The lowest BCUT2D eigenvalue weighted by Crippen LogP contribution is -2.67. The first-order chi connectivity index (χ1) is 12.3. The Labute approximate surface area is 153 Å². The number of rotatable bonds is 5. The second-order valence-electron chi connectivity index (χ2n) is 7.79. The summed E-state index contributed by atoms with van der Waals surface area (Å²) in [5.74, 6) is -1.34. The van der Waals surface area contributed by atoms with Crippen molar-refractivity contribution in [2.75, 3.05) is 13.7 Å². The molecule has 0 spiro atoms. The van der Waals surface area contributed by atoms with E-state index in [4.69, 9.17) is 14.2 Å². The minimum atomic E-state index is -0.872. The molecule has 26 heavy (non-hydrogen) atoms. The highest BCUT2D eigenvalue weighted by Gasteiger charge is 2.59. The van der Waals surface area contributed by atoms with Crippen LogP contribution >= 0.6 is 0 Å². The quantitative estimate of drug-likeness (QED) is 0.549. The molecule has 2 aliphatic carbocycles. The Morgan fingerprint density at radius 1 is 1.35 bits per heavy atom. The van der Waals surface area contributed by atoms with E-state index in [0.29, 0.717) is 12.8 Å². The molecule has 0 radical (unpaired) electrons. The average molecular weight is 368 g/mol. The van der Waals surface area contributed by atoms with Crippen LogP contribution in [0.3, 0.4) is 0 Å². The number of hydrogen-bond acceptors (Lipinski definition) is 7. The molecule has 1 heterocycles. The van der Waals surface area contributed by atoms with Gasteiger partial charge in [0, 0.05) is 26.9 Å². The second-order valence-corrected chi connectivity index (χ2v) is 7.79. The zero-order chi connectivity index (χ0) is 19.1. The fraction of sp³-hybridized carbons (Fsp3) is 0.789. The summed E-state index contributed by atoms with van der Waals surface area (Å²) in [5, 5.41) is 20.5. The summed E-state index contributed by atoms with van der Waals surface area (Å²) in [4.78, 5) is 24.7. The lowest BCUT2D eigenvalue weighted by molar-refractivity contribution is -0.281. The molecular weight excluding hydrogens is 340 g/mol. The largest absolute Gasteiger partial charge is 0.454 e. The molecule has 1 saturated heterocycles. The van der Waals surface area contributed by atoms with Crippen molar-refractivity contribution in [3.05, 3.63) is 11.1 Å². The third-order valence-corrected chi connectivity index (χ3v) is 5.98. The van der Waals surface area contributed by atoms with Crippen molar-refractivity contribution >= 4 is 11.8 Å². The Morgan fingerprint density at radius 2 is 2.08 bits per heavy atom. The minimum Gasteiger partial charge on any atom is -0.454 e. The van der Waals surface area contributed by atoms with Gasteiger partial charge in [0.25, 0.3) is 0 Å². The minimum absolute atomic E-state index is 0.222. The monoisotopic (exact) mass is 368 g/mol. The predicted octanol–water partition coefficient (Wildman–Crippen LogP) is 0.903. The van der Waals surface area contributed by atoms with Crippen LogP contribution in [0.25, 0.3) is 0 Å². The molecule has 3 rings (SSSR count). The Bertz CT molecular complexity index is 613. The summed E-state index contributed by atoms with van der Waals surface area (Å²) in [6.45, 7) is 3.53. The number of ether oxygens (including phenoxy) is 3. The molecule has 2 unspecified atom stereocenters. The molecule has 0 aromatic heterocycles. The van der Waals surface area contributed by atoms with Crippen molar-refractivity contribution in [2.45, 2.75) is 76.0 Å². The van der Waals surface area contributed by atoms with Gasteiger partial charge in [0.1, 0.15) is 12.2 Å². The molecule has 1 aliphatic heterocycles. The van der Waals surface area contributed by atoms with Crippen LogP contribution in [0, 0.1) is 5.92 Å². The fourth-order valence-corrected chi connectivity index (χ4v) is 4.49. The highest BCUT2D eigenvalue weighted by Crippen LogP contribution is 2.45. The number of methoxy groups -OCH3 is 1. The summed E-state index contributed by atoms with van der Waals surface area (Å²) in [6.07, 6.45) is -0.228. The molecular formula is C19H28O7. The summed E-state index contributed by atoms with van der Waals surface area (Å²) in [7, 11) is 1.47. The van der Waals surface area contributed by atoms with Gasteiger partial charge in [-0.2, -0.15) is 0 Å². The SMILES string of the molecule is CO[C@@H](C(=O)C1CC2(OC(C)=O)CO[C@@H]2C[C@@H]1O)C1=C(C)CC[C@H](O)C1. The molecule has 0 aromatic carbocycles. The molecule has 0 amide bonds. The third kappa shape index (κ3) is 3.45. The van der Waals surface area contributed by atoms with Crippen molar-refractivity contribution < 1.29 is 34.0 Å². The number of aliphatic hydroxyl groups excluding tert-OH is 2. The van der Waals surface area contributed by atoms with Crippen molar-refractivity contribution in [3.8, 4) is 0 Å². The summed E-state index contributed by atoms with van der Waals surface area (Å²) >= 11 is 0. The van der Waals surface area contributed by atoms with Crippen LogP contribution in [0.2, 0.25) is 0 Å². The molecule has 0 bridgehead atoms. The number of hydrogen-bond donors (Lipinski definition) is 2. The van der Waals surface area contributed by atoms with Gasteiger partial charge in [0.2, 0.25) is 0 Å². The summed E-state index contributed by atoms with van der Waals surface area (Å²) in [5.41, 5.74) is 1.02. The topological polar surface area (TPSA) is 102 Å². The van der Waals surface area contributed by atoms with E-state index >= 15 is 0 Å². The van der Waals surface area contributed by atoms with Gasteiger partial charge in [-0.3, -0.25) is 9.59 Å². The van der Waals surface area contributed by atoms with Crippen LogP contribution in [0.4, 0.5) is 0 Å². The predicted molar refractivity (Wildman–Crippen MR) is 91.3 cm³/mol. The van der Waals surface area contributed by atoms with E-state index in [9.17, 15) is 19.8 Å². The first-order valence-corrected chi connectivity index (χ1v) is 9.19. The molecule has 7 heteroatoms. The zero-order valence-corrected chi connectivity index (χ0v) is 15.6. The van der Waals surface area contributed by atoms with Crippen LogP contribution in [0.1, 0.15) is 46.0 Å². The van der Waals surface area contributed by atoms with Gasteiger partial charge in [0.05, 0.1) is 24.7 Å². The maximum Gasteiger partial charge on any atom is 0.303 e. The van der Waals surface area contributed by atoms with E-state index in [1.54, 1.807) is 0 Å². The molecule has 2 N–H and O–H groups in total. The van der Waals surface area contributed by atoms with E-state index in [1.807, 2.05) is 6.92 Å². The number of carbonyl (C=O) groups excluding carboxylic acids is 2. The zero-order valence-electron chi connectivity index (χ0n) is 15.6. The van der Waals surface area contributed by atoms with Gasteiger partial charge >= 0.3 is 5.97 Å². The molecule has 7 nitrogen and oxygen atoms in total. The number of aliphatic hydroxyl groups is 2. The lowest BCUT2D eigenvalue weighted by atomic mass is 9.68. The molecule has 3 aliphatic rings. The van der Waals surface area contributed by atoms with Gasteiger partial charge in [-0.1, -0.05) is 5.57 Å². The van der Waals surface area contributed by atoms with Crippen molar-refractivity contribution in [3.63, 3.8) is 0 Å². The maximum atomic E-state index is 13.2. The highest BCUT2D eigenvalue weighted by atomic mass is 16.6. The van der Waals surface area contributed by atoms with E-state index in [2.05, 4.69) is 0 Å². The second kappa shape index (κ2) is 7.38. The third-order valence-electron chi connectivity index (χ3n) is 5.98. The van der Waals surface area contributed by atoms with Crippen LogP contribution in [0.15, 0.2) is 11.1 Å².